The monoisotopic (exact) mass is 527 g/mol. The Labute approximate surface area is 211 Å². The first-order valence-corrected chi connectivity index (χ1v) is 12.0. The third-order valence-corrected chi connectivity index (χ3v) is 6.13. The van der Waals surface area contributed by atoms with Crippen LogP contribution in [0.5, 0.6) is 0 Å². The van der Waals surface area contributed by atoms with Crippen LogP contribution >= 0.6 is 11.3 Å². The number of anilines is 1. The lowest BCUT2D eigenvalue weighted by Gasteiger charge is -2.30. The number of aryl methyl sites for hydroxylation is 1. The van der Waals surface area contributed by atoms with Crippen molar-refractivity contribution in [2.45, 2.75) is 72.2 Å². The van der Waals surface area contributed by atoms with Crippen molar-refractivity contribution in [1.82, 2.24) is 0 Å². The van der Waals surface area contributed by atoms with E-state index in [1.807, 2.05) is 0 Å². The highest BCUT2D eigenvalue weighted by atomic mass is 32.1. The summed E-state index contributed by atoms with van der Waals surface area (Å²) in [6, 6.07) is 0. The molecule has 198 valence electrons. The van der Waals surface area contributed by atoms with Gasteiger partial charge in [0.15, 0.2) is 12.2 Å². The van der Waals surface area contributed by atoms with E-state index in [0.717, 1.165) is 51.0 Å². The maximum absolute atomic E-state index is 13.4. The molecule has 0 spiro atoms. The maximum Gasteiger partial charge on any atom is 0.341 e. The molecule has 12 nitrogen and oxygen atoms in total. The number of fused-ring (bicyclic) bond motifs is 1. The van der Waals surface area contributed by atoms with Crippen molar-refractivity contribution in [3.05, 3.63) is 16.0 Å². The van der Waals surface area contributed by atoms with E-state index in [1.54, 1.807) is 6.92 Å². The van der Waals surface area contributed by atoms with E-state index in [1.165, 1.54) is 11.3 Å². The van der Waals surface area contributed by atoms with Crippen molar-refractivity contribution in [3.63, 3.8) is 0 Å². The molecule has 1 aromatic rings. The molecule has 2 rings (SSSR count). The first-order valence-electron chi connectivity index (χ1n) is 11.2. The summed E-state index contributed by atoms with van der Waals surface area (Å²) in [5.74, 6) is -4.91. The highest BCUT2D eigenvalue weighted by Gasteiger charge is 2.43. The third-order valence-electron chi connectivity index (χ3n) is 4.92. The summed E-state index contributed by atoms with van der Waals surface area (Å²) in [7, 11) is 0. The molecule has 0 aliphatic heterocycles. The van der Waals surface area contributed by atoms with E-state index in [2.05, 4.69) is 5.32 Å². The van der Waals surface area contributed by atoms with Crippen LogP contribution in [0.2, 0.25) is 0 Å². The third kappa shape index (κ3) is 7.77. The molecular formula is C23H29NO11S. The van der Waals surface area contributed by atoms with Crippen molar-refractivity contribution >= 4 is 52.1 Å². The molecule has 0 aromatic carbocycles. The van der Waals surface area contributed by atoms with Gasteiger partial charge in [-0.25, -0.2) is 4.79 Å². The highest BCUT2D eigenvalue weighted by molar-refractivity contribution is 7.17. The fraction of sp³-hybridized carbons (Fsp3) is 0.565. The number of thiophene rings is 1. The van der Waals surface area contributed by atoms with Gasteiger partial charge in [-0.2, -0.15) is 0 Å². The van der Waals surface area contributed by atoms with Gasteiger partial charge in [0.1, 0.15) is 11.6 Å². The van der Waals surface area contributed by atoms with Crippen LogP contribution in [0.3, 0.4) is 0 Å². The fourth-order valence-electron chi connectivity index (χ4n) is 3.68. The number of amides is 1. The molecule has 0 bridgehead atoms. The number of rotatable bonds is 11. The zero-order chi connectivity index (χ0) is 27.0. The Hall–Kier alpha value is -3.48. The molecular weight excluding hydrogens is 498 g/mol. The topological polar surface area (TPSA) is 161 Å². The lowest BCUT2D eigenvalue weighted by atomic mass is 10.1. The van der Waals surface area contributed by atoms with Crippen molar-refractivity contribution in [2.75, 3.05) is 18.5 Å². The quantitative estimate of drug-likeness (QED) is 0.329. The standard InChI is InChI=1S/C23H29NO11S/c1-6-31-23(30)18-15-8-7-9-17(15)36-22(18)24-21(29)20(35-14(5)28)19(34-13(4)27)16(33-12(3)26)10-32-11(2)25/h16,19-20H,6-10H2,1-5H3,(H,24,29)/t16-,19+,20-/m0/s1. The fourth-order valence-corrected chi connectivity index (χ4v) is 4.96. The Morgan fingerprint density at radius 1 is 0.861 bits per heavy atom. The summed E-state index contributed by atoms with van der Waals surface area (Å²) in [5.41, 5.74) is 0.992. The largest absolute Gasteiger partial charge is 0.462 e. The van der Waals surface area contributed by atoms with Gasteiger partial charge in [-0.05, 0) is 31.7 Å². The summed E-state index contributed by atoms with van der Waals surface area (Å²) in [6.07, 6.45) is -2.76. The van der Waals surface area contributed by atoms with E-state index < -0.39 is 60.7 Å². The van der Waals surface area contributed by atoms with Crippen LogP contribution in [0.4, 0.5) is 5.00 Å². The lowest BCUT2D eigenvalue weighted by Crippen LogP contribution is -2.52. The molecule has 13 heteroatoms. The van der Waals surface area contributed by atoms with E-state index in [9.17, 15) is 28.8 Å². The van der Waals surface area contributed by atoms with Gasteiger partial charge >= 0.3 is 29.8 Å². The number of esters is 5. The maximum atomic E-state index is 13.4. The summed E-state index contributed by atoms with van der Waals surface area (Å²) >= 11 is 1.19. The van der Waals surface area contributed by atoms with Crippen LogP contribution in [-0.2, 0) is 60.5 Å². The number of nitrogens with one attached hydrogen (secondary N) is 1. The van der Waals surface area contributed by atoms with Gasteiger partial charge in [-0.1, -0.05) is 0 Å². The number of ether oxygens (including phenoxy) is 5. The van der Waals surface area contributed by atoms with Crippen molar-refractivity contribution < 1.29 is 52.5 Å². The number of carbonyl (C=O) groups excluding carboxylic acids is 6. The molecule has 3 atom stereocenters. The van der Waals surface area contributed by atoms with Gasteiger partial charge in [-0.15, -0.1) is 11.3 Å². The summed E-state index contributed by atoms with van der Waals surface area (Å²) in [5, 5.41) is 2.76. The molecule has 1 aliphatic rings. The number of hydrogen-bond donors (Lipinski definition) is 1. The van der Waals surface area contributed by atoms with Crippen LogP contribution in [0, 0.1) is 0 Å². The minimum atomic E-state index is -1.82. The van der Waals surface area contributed by atoms with Gasteiger partial charge in [0, 0.05) is 32.6 Å². The van der Waals surface area contributed by atoms with E-state index in [-0.39, 0.29) is 17.2 Å². The first kappa shape index (κ1) is 28.8. The van der Waals surface area contributed by atoms with Crippen molar-refractivity contribution in [1.29, 1.82) is 0 Å². The molecule has 0 saturated carbocycles. The van der Waals surface area contributed by atoms with Crippen molar-refractivity contribution in [2.24, 2.45) is 0 Å². The van der Waals surface area contributed by atoms with Gasteiger partial charge < -0.3 is 29.0 Å². The minimum Gasteiger partial charge on any atom is -0.462 e. The van der Waals surface area contributed by atoms with Gasteiger partial charge in [0.2, 0.25) is 6.10 Å². The zero-order valence-corrected chi connectivity index (χ0v) is 21.5. The average molecular weight is 528 g/mol. The van der Waals surface area contributed by atoms with E-state index in [4.69, 9.17) is 23.7 Å². The minimum absolute atomic E-state index is 0.127. The molecule has 1 N–H and O–H groups in total. The van der Waals surface area contributed by atoms with E-state index in [0.29, 0.717) is 6.42 Å². The second kappa shape index (κ2) is 13.0. The van der Waals surface area contributed by atoms with Crippen LogP contribution in [0.15, 0.2) is 0 Å². The summed E-state index contributed by atoms with van der Waals surface area (Å²) in [6.45, 7) is 5.43. The molecule has 0 radical (unpaired) electrons. The molecule has 0 unspecified atom stereocenters. The second-order valence-corrected chi connectivity index (χ2v) is 8.93. The number of hydrogen-bond acceptors (Lipinski definition) is 12. The first-order chi connectivity index (χ1) is 16.9. The highest BCUT2D eigenvalue weighted by Crippen LogP contribution is 2.39. The molecule has 36 heavy (non-hydrogen) atoms. The number of carbonyl (C=O) groups is 6. The predicted molar refractivity (Wildman–Crippen MR) is 124 cm³/mol. The zero-order valence-electron chi connectivity index (χ0n) is 20.7. The smallest absolute Gasteiger partial charge is 0.341 e. The van der Waals surface area contributed by atoms with Crippen LogP contribution in [0.1, 0.15) is 61.8 Å². The van der Waals surface area contributed by atoms with Crippen LogP contribution in [0.25, 0.3) is 0 Å². The van der Waals surface area contributed by atoms with Crippen LogP contribution < -0.4 is 5.32 Å². The van der Waals surface area contributed by atoms with Crippen LogP contribution in [-0.4, -0.2) is 67.3 Å². The average Bonchev–Trinajstić information content (AvgIpc) is 3.33. The Morgan fingerprint density at radius 2 is 1.50 bits per heavy atom. The lowest BCUT2D eigenvalue weighted by molar-refractivity contribution is -0.190. The molecule has 0 fully saturated rings. The van der Waals surface area contributed by atoms with Crippen molar-refractivity contribution in [3.8, 4) is 0 Å². The van der Waals surface area contributed by atoms with Gasteiger partial charge in [-0.3, -0.25) is 24.0 Å². The summed E-state index contributed by atoms with van der Waals surface area (Å²) < 4.78 is 25.6. The second-order valence-electron chi connectivity index (χ2n) is 7.83. The Morgan fingerprint density at radius 3 is 2.06 bits per heavy atom. The Balaban J connectivity index is 2.46. The van der Waals surface area contributed by atoms with E-state index >= 15 is 0 Å². The molecule has 1 aromatic heterocycles. The predicted octanol–water partition coefficient (Wildman–Crippen LogP) is 1.71. The van der Waals surface area contributed by atoms with Gasteiger partial charge in [0.05, 0.1) is 12.2 Å². The Kier molecular flexibility index (Phi) is 10.4. The van der Waals surface area contributed by atoms with Gasteiger partial charge in [0.25, 0.3) is 5.91 Å². The summed E-state index contributed by atoms with van der Waals surface area (Å²) in [4.78, 5) is 73.7. The molecule has 1 heterocycles. The molecule has 1 aliphatic carbocycles. The molecule has 0 saturated heterocycles. The normalized spacial score (nSPS) is 14.5. The Bertz CT molecular complexity index is 1030. The molecule has 1 amide bonds. The SMILES string of the molecule is CCOC(=O)c1c(NC(=O)[C@@H](OC(C)=O)[C@H](OC(C)=O)[C@H](COC(C)=O)OC(C)=O)sc2c1CCC2.